The number of esters is 1. The number of para-hydroxylation sites is 1. The van der Waals surface area contributed by atoms with Crippen molar-refractivity contribution in [3.05, 3.63) is 125 Å². The van der Waals surface area contributed by atoms with Crippen molar-refractivity contribution in [3.8, 4) is 11.5 Å². The van der Waals surface area contributed by atoms with Crippen LogP contribution in [0, 0.1) is 6.92 Å². The van der Waals surface area contributed by atoms with Gasteiger partial charge >= 0.3 is 11.6 Å². The Hall–Kier alpha value is -4.21. The molecule has 0 saturated carbocycles. The van der Waals surface area contributed by atoms with Gasteiger partial charge in [-0.2, -0.15) is 0 Å². The topological polar surface area (TPSA) is 65.7 Å². The summed E-state index contributed by atoms with van der Waals surface area (Å²) in [4.78, 5) is 24.5. The minimum Gasteiger partial charge on any atom is -0.493 e. The fraction of sp³-hybridized carbons (Fsp3) is 0.152. The molecule has 0 atom stereocenters. The molecule has 39 heavy (non-hydrogen) atoms. The highest BCUT2D eigenvalue weighted by molar-refractivity contribution is 7.80. The quantitative estimate of drug-likeness (QED) is 0.0719. The number of hydrogen-bond acceptors (Lipinski definition) is 5. The minimum atomic E-state index is -0.883. The van der Waals surface area contributed by atoms with Gasteiger partial charge in [0.25, 0.3) is 0 Å². The van der Waals surface area contributed by atoms with E-state index in [2.05, 4.69) is 30.3 Å². The second-order valence-corrected chi connectivity index (χ2v) is 11.3. The standard InChI is InChI=1S/C33H29O5P/c1-24-22-33(35)38-30-23-25(19-20-28(24)30)36-21-11-10-18-32(34)37-29-16-8-9-17-31(29)39(26-12-4-2-5-13-26)27-14-6-3-7-15-27/h2-9,12-17,19-20,22-23H,10-11,18,21H2,1H3. The molecule has 0 saturated heterocycles. The highest BCUT2D eigenvalue weighted by Crippen LogP contribution is 2.36. The highest BCUT2D eigenvalue weighted by Gasteiger charge is 2.21. The lowest BCUT2D eigenvalue weighted by Gasteiger charge is -2.21. The summed E-state index contributed by atoms with van der Waals surface area (Å²) < 4.78 is 17.0. The Morgan fingerprint density at radius 2 is 1.46 bits per heavy atom. The van der Waals surface area contributed by atoms with E-state index in [1.807, 2.05) is 73.7 Å². The summed E-state index contributed by atoms with van der Waals surface area (Å²) in [6.45, 7) is 2.32. The Morgan fingerprint density at radius 1 is 0.795 bits per heavy atom. The first-order chi connectivity index (χ1) is 19.1. The molecule has 4 aromatic carbocycles. The van der Waals surface area contributed by atoms with Crippen LogP contribution in [-0.4, -0.2) is 12.6 Å². The van der Waals surface area contributed by atoms with Crippen LogP contribution in [-0.2, 0) is 4.79 Å². The lowest BCUT2D eigenvalue weighted by molar-refractivity contribution is -0.134. The number of rotatable bonds is 10. The number of hydrogen-bond donors (Lipinski definition) is 0. The normalized spacial score (nSPS) is 11.0. The van der Waals surface area contributed by atoms with E-state index in [0.29, 0.717) is 36.5 Å². The van der Waals surface area contributed by atoms with Crippen LogP contribution in [0.5, 0.6) is 11.5 Å². The van der Waals surface area contributed by atoms with Gasteiger partial charge in [0.1, 0.15) is 17.1 Å². The van der Waals surface area contributed by atoms with E-state index in [1.165, 1.54) is 16.7 Å². The smallest absolute Gasteiger partial charge is 0.336 e. The van der Waals surface area contributed by atoms with Crippen molar-refractivity contribution in [1.29, 1.82) is 0 Å². The number of carbonyl (C=O) groups is 1. The summed E-state index contributed by atoms with van der Waals surface area (Å²) in [5.74, 6) is 0.968. The van der Waals surface area contributed by atoms with Crippen molar-refractivity contribution in [1.82, 2.24) is 0 Å². The Labute approximate surface area is 228 Å². The van der Waals surface area contributed by atoms with Gasteiger partial charge in [0, 0.05) is 29.2 Å². The molecule has 196 valence electrons. The van der Waals surface area contributed by atoms with E-state index in [-0.39, 0.29) is 18.0 Å². The first-order valence-electron chi connectivity index (χ1n) is 13.0. The average molecular weight is 537 g/mol. The molecule has 0 unspecified atom stereocenters. The maximum Gasteiger partial charge on any atom is 0.336 e. The second-order valence-electron chi connectivity index (χ2n) is 9.16. The molecule has 0 fully saturated rings. The van der Waals surface area contributed by atoms with Crippen LogP contribution < -0.4 is 31.0 Å². The summed E-state index contributed by atoms with van der Waals surface area (Å²) in [6, 6.07) is 35.5. The van der Waals surface area contributed by atoms with Crippen molar-refractivity contribution < 1.29 is 18.7 Å². The van der Waals surface area contributed by atoms with Gasteiger partial charge in [-0.05, 0) is 62.1 Å². The first-order valence-corrected chi connectivity index (χ1v) is 14.3. The molecule has 0 aliphatic heterocycles. The zero-order chi connectivity index (χ0) is 27.0. The van der Waals surface area contributed by atoms with E-state index in [4.69, 9.17) is 13.9 Å². The fourth-order valence-corrected chi connectivity index (χ4v) is 6.81. The number of aryl methyl sites for hydroxylation is 1. The summed E-state index contributed by atoms with van der Waals surface area (Å²) in [6.07, 6.45) is 1.61. The molecular weight excluding hydrogens is 507 g/mol. The van der Waals surface area contributed by atoms with E-state index in [1.54, 1.807) is 6.07 Å². The second kappa shape index (κ2) is 12.6. The van der Waals surface area contributed by atoms with Crippen LogP contribution >= 0.6 is 7.92 Å². The summed E-state index contributed by atoms with van der Waals surface area (Å²) in [7, 11) is -0.883. The van der Waals surface area contributed by atoms with E-state index < -0.39 is 7.92 Å². The molecule has 5 aromatic rings. The van der Waals surface area contributed by atoms with Gasteiger partial charge in [-0.1, -0.05) is 78.9 Å². The van der Waals surface area contributed by atoms with Crippen molar-refractivity contribution in [3.63, 3.8) is 0 Å². The van der Waals surface area contributed by atoms with Crippen LogP contribution in [0.3, 0.4) is 0 Å². The van der Waals surface area contributed by atoms with Gasteiger partial charge in [0.05, 0.1) is 6.61 Å². The summed E-state index contributed by atoms with van der Waals surface area (Å²) in [5.41, 5.74) is 0.996. The van der Waals surface area contributed by atoms with Gasteiger partial charge in [0.2, 0.25) is 0 Å². The molecule has 5 nitrogen and oxygen atoms in total. The Morgan fingerprint density at radius 3 is 2.18 bits per heavy atom. The van der Waals surface area contributed by atoms with Crippen LogP contribution in [0.25, 0.3) is 11.0 Å². The predicted molar refractivity (Wildman–Crippen MR) is 157 cm³/mol. The van der Waals surface area contributed by atoms with Crippen LogP contribution in [0.4, 0.5) is 0 Å². The number of ether oxygens (including phenoxy) is 2. The molecule has 0 aliphatic rings. The Balaban J connectivity index is 1.20. The average Bonchev–Trinajstić information content (AvgIpc) is 2.95. The third-order valence-corrected chi connectivity index (χ3v) is 8.81. The van der Waals surface area contributed by atoms with E-state index >= 15 is 0 Å². The van der Waals surface area contributed by atoms with Crippen LogP contribution in [0.15, 0.2) is 118 Å². The number of unbranched alkanes of at least 4 members (excludes halogenated alkanes) is 1. The molecule has 1 heterocycles. The van der Waals surface area contributed by atoms with Gasteiger partial charge in [-0.3, -0.25) is 4.79 Å². The minimum absolute atomic E-state index is 0.263. The molecule has 0 radical (unpaired) electrons. The maximum atomic E-state index is 12.8. The molecule has 5 rings (SSSR count). The van der Waals surface area contributed by atoms with Gasteiger partial charge in [-0.15, -0.1) is 0 Å². The number of carbonyl (C=O) groups excluding carboxylic acids is 1. The third-order valence-electron chi connectivity index (χ3n) is 6.33. The number of benzene rings is 4. The SMILES string of the molecule is Cc1cc(=O)oc2cc(OCCCCC(=O)Oc3ccccc3P(c3ccccc3)c3ccccc3)ccc12. The van der Waals surface area contributed by atoms with Crippen LogP contribution in [0.2, 0.25) is 0 Å². The molecular formula is C33H29O5P. The van der Waals surface area contributed by atoms with Crippen LogP contribution in [0.1, 0.15) is 24.8 Å². The predicted octanol–water partition coefficient (Wildman–Crippen LogP) is 6.01. The lowest BCUT2D eigenvalue weighted by Crippen LogP contribution is -2.23. The Kier molecular flexibility index (Phi) is 8.50. The molecule has 1 aromatic heterocycles. The molecule has 0 N–H and O–H groups in total. The summed E-state index contributed by atoms with van der Waals surface area (Å²) in [5, 5.41) is 4.29. The maximum absolute atomic E-state index is 12.8. The third kappa shape index (κ3) is 6.63. The fourth-order valence-electron chi connectivity index (χ4n) is 4.44. The largest absolute Gasteiger partial charge is 0.493 e. The Bertz CT molecular complexity index is 1570. The van der Waals surface area contributed by atoms with Gasteiger partial charge in [-0.25, -0.2) is 4.79 Å². The van der Waals surface area contributed by atoms with E-state index in [9.17, 15) is 9.59 Å². The zero-order valence-electron chi connectivity index (χ0n) is 21.7. The van der Waals surface area contributed by atoms with Crippen molar-refractivity contribution in [2.45, 2.75) is 26.2 Å². The highest BCUT2D eigenvalue weighted by atomic mass is 31.1. The van der Waals surface area contributed by atoms with Gasteiger partial charge in [0.15, 0.2) is 0 Å². The lowest BCUT2D eigenvalue weighted by atomic mass is 10.1. The van der Waals surface area contributed by atoms with Crippen molar-refractivity contribution in [2.75, 3.05) is 6.61 Å². The number of fused-ring (bicyclic) bond motifs is 1. The molecule has 0 bridgehead atoms. The molecule has 0 spiro atoms. The first kappa shape index (κ1) is 26.4. The molecule has 0 amide bonds. The van der Waals surface area contributed by atoms with E-state index in [0.717, 1.165) is 16.3 Å². The molecule has 0 aliphatic carbocycles. The summed E-state index contributed by atoms with van der Waals surface area (Å²) >= 11 is 0. The van der Waals surface area contributed by atoms with Crippen molar-refractivity contribution in [2.24, 2.45) is 0 Å². The monoisotopic (exact) mass is 536 g/mol. The zero-order valence-corrected chi connectivity index (χ0v) is 22.6. The molecule has 6 heteroatoms. The van der Waals surface area contributed by atoms with Gasteiger partial charge < -0.3 is 13.9 Å². The van der Waals surface area contributed by atoms with Crippen molar-refractivity contribution >= 4 is 40.8 Å².